The van der Waals surface area contributed by atoms with Gasteiger partial charge in [-0.15, -0.1) is 0 Å². The summed E-state index contributed by atoms with van der Waals surface area (Å²) in [6.45, 7) is 2.04. The molecule has 4 nitrogen and oxygen atoms in total. The molecular weight excluding hydrogens is 274 g/mol. The molecule has 0 N–H and O–H groups in total. The van der Waals surface area contributed by atoms with Crippen LogP contribution in [0.25, 0.3) is 27.8 Å². The highest BCUT2D eigenvalue weighted by Gasteiger charge is 2.07. The van der Waals surface area contributed by atoms with Crippen molar-refractivity contribution in [2.24, 2.45) is 0 Å². The highest BCUT2D eigenvalue weighted by Crippen LogP contribution is 2.17. The lowest BCUT2D eigenvalue weighted by Gasteiger charge is -2.05. The van der Waals surface area contributed by atoms with Crippen LogP contribution in [0.4, 0.5) is 0 Å². The van der Waals surface area contributed by atoms with Gasteiger partial charge in [-0.3, -0.25) is 4.79 Å². The van der Waals surface area contributed by atoms with E-state index in [1.165, 1.54) is 10.1 Å². The molecule has 4 rings (SSSR count). The summed E-state index contributed by atoms with van der Waals surface area (Å²) >= 11 is 0. The average molecular weight is 287 g/mol. The summed E-state index contributed by atoms with van der Waals surface area (Å²) in [5.74, 6) is 0. The molecule has 4 aromatic rings. The first-order valence-electron chi connectivity index (χ1n) is 7.08. The van der Waals surface area contributed by atoms with E-state index in [-0.39, 0.29) is 5.56 Å². The minimum Gasteiger partial charge on any atom is -0.267 e. The standard InChI is InChI=1S/C18H13N3O/c1-12-6-8-13(9-7-12)15-10-11-17-19-16-5-3-2-4-14(16)18(22)21(17)20-15/h2-11H,1H3. The Kier molecular flexibility index (Phi) is 2.76. The van der Waals surface area contributed by atoms with Gasteiger partial charge in [-0.2, -0.15) is 9.61 Å². The van der Waals surface area contributed by atoms with Crippen molar-refractivity contribution in [2.45, 2.75) is 6.92 Å². The number of fused-ring (bicyclic) bond motifs is 2. The van der Waals surface area contributed by atoms with Crippen molar-refractivity contribution in [3.8, 4) is 11.3 Å². The zero-order chi connectivity index (χ0) is 15.1. The smallest absolute Gasteiger partial charge is 0.267 e. The minimum absolute atomic E-state index is 0.144. The van der Waals surface area contributed by atoms with E-state index < -0.39 is 0 Å². The van der Waals surface area contributed by atoms with Gasteiger partial charge in [-0.1, -0.05) is 42.0 Å². The molecule has 22 heavy (non-hydrogen) atoms. The van der Waals surface area contributed by atoms with Crippen LogP contribution in [0.15, 0.2) is 65.5 Å². The van der Waals surface area contributed by atoms with Crippen LogP contribution in [0.2, 0.25) is 0 Å². The lowest BCUT2D eigenvalue weighted by molar-refractivity contribution is 0.887. The Labute approximate surface area is 126 Å². The maximum absolute atomic E-state index is 12.6. The Morgan fingerprint density at radius 2 is 1.68 bits per heavy atom. The number of hydrogen-bond acceptors (Lipinski definition) is 3. The quantitative estimate of drug-likeness (QED) is 0.505. The summed E-state index contributed by atoms with van der Waals surface area (Å²) in [4.78, 5) is 17.1. The molecule has 0 fully saturated rings. The van der Waals surface area contributed by atoms with Crippen LogP contribution < -0.4 is 5.56 Å². The fourth-order valence-corrected chi connectivity index (χ4v) is 2.52. The van der Waals surface area contributed by atoms with Gasteiger partial charge in [0.15, 0.2) is 5.65 Å². The largest absolute Gasteiger partial charge is 0.282 e. The van der Waals surface area contributed by atoms with E-state index in [4.69, 9.17) is 0 Å². The van der Waals surface area contributed by atoms with Crippen molar-refractivity contribution in [1.82, 2.24) is 14.6 Å². The summed E-state index contributed by atoms with van der Waals surface area (Å²) in [6.07, 6.45) is 0. The molecule has 0 amide bonds. The van der Waals surface area contributed by atoms with Gasteiger partial charge >= 0.3 is 0 Å². The van der Waals surface area contributed by atoms with Crippen molar-refractivity contribution in [1.29, 1.82) is 0 Å². The van der Waals surface area contributed by atoms with Crippen molar-refractivity contribution in [3.05, 3.63) is 76.6 Å². The number of nitrogens with zero attached hydrogens (tertiary/aromatic N) is 3. The maximum atomic E-state index is 12.6. The molecule has 0 saturated carbocycles. The van der Waals surface area contributed by atoms with Crippen LogP contribution in [0.1, 0.15) is 5.56 Å². The second kappa shape index (κ2) is 4.77. The van der Waals surface area contributed by atoms with Crippen molar-refractivity contribution in [2.75, 3.05) is 0 Å². The summed E-state index contributed by atoms with van der Waals surface area (Å²) in [5.41, 5.74) is 4.03. The van der Waals surface area contributed by atoms with E-state index in [9.17, 15) is 4.79 Å². The number of hydrogen-bond donors (Lipinski definition) is 0. The van der Waals surface area contributed by atoms with Crippen molar-refractivity contribution < 1.29 is 0 Å². The van der Waals surface area contributed by atoms with E-state index in [1.54, 1.807) is 6.07 Å². The van der Waals surface area contributed by atoms with Gasteiger partial charge in [0, 0.05) is 5.56 Å². The predicted octanol–water partition coefficient (Wildman–Crippen LogP) is 3.22. The third-order valence-corrected chi connectivity index (χ3v) is 3.72. The van der Waals surface area contributed by atoms with Gasteiger partial charge in [0.2, 0.25) is 0 Å². The number of aryl methyl sites for hydroxylation is 1. The first-order chi connectivity index (χ1) is 10.7. The van der Waals surface area contributed by atoms with E-state index in [1.807, 2.05) is 61.5 Å². The lowest BCUT2D eigenvalue weighted by Crippen LogP contribution is -2.18. The van der Waals surface area contributed by atoms with Crippen molar-refractivity contribution >= 4 is 16.6 Å². The Morgan fingerprint density at radius 3 is 2.50 bits per heavy atom. The van der Waals surface area contributed by atoms with E-state index in [0.29, 0.717) is 16.6 Å². The number of rotatable bonds is 1. The predicted molar refractivity (Wildman–Crippen MR) is 86.9 cm³/mol. The van der Waals surface area contributed by atoms with Crippen LogP contribution in [-0.4, -0.2) is 14.6 Å². The van der Waals surface area contributed by atoms with Crippen LogP contribution in [0.5, 0.6) is 0 Å². The van der Waals surface area contributed by atoms with E-state index in [2.05, 4.69) is 10.1 Å². The van der Waals surface area contributed by atoms with Crippen LogP contribution in [0.3, 0.4) is 0 Å². The Morgan fingerprint density at radius 1 is 0.909 bits per heavy atom. The highest BCUT2D eigenvalue weighted by atomic mass is 16.1. The fraction of sp³-hybridized carbons (Fsp3) is 0.0556. The molecule has 0 aliphatic heterocycles. The van der Waals surface area contributed by atoms with Gasteiger partial charge in [-0.05, 0) is 31.2 Å². The van der Waals surface area contributed by atoms with Crippen LogP contribution >= 0.6 is 0 Å². The zero-order valence-corrected chi connectivity index (χ0v) is 12.0. The molecule has 106 valence electrons. The highest BCUT2D eigenvalue weighted by molar-refractivity contribution is 5.79. The minimum atomic E-state index is -0.144. The molecule has 0 radical (unpaired) electrons. The number of benzene rings is 2. The Bertz CT molecular complexity index is 1050. The second-order valence-electron chi connectivity index (χ2n) is 5.29. The normalized spacial score (nSPS) is 11.1. The monoisotopic (exact) mass is 287 g/mol. The van der Waals surface area contributed by atoms with Gasteiger partial charge in [0.05, 0.1) is 16.6 Å². The molecular formula is C18H13N3O. The van der Waals surface area contributed by atoms with Crippen LogP contribution in [-0.2, 0) is 0 Å². The average Bonchev–Trinajstić information content (AvgIpc) is 2.56. The third-order valence-electron chi connectivity index (χ3n) is 3.72. The molecule has 2 aromatic carbocycles. The lowest BCUT2D eigenvalue weighted by atomic mass is 10.1. The topological polar surface area (TPSA) is 47.3 Å². The first-order valence-corrected chi connectivity index (χ1v) is 7.08. The maximum Gasteiger partial charge on any atom is 0.282 e. The first kappa shape index (κ1) is 12.7. The molecule has 0 unspecified atom stereocenters. The third kappa shape index (κ3) is 1.97. The Balaban J connectivity index is 2.01. The van der Waals surface area contributed by atoms with Crippen molar-refractivity contribution in [3.63, 3.8) is 0 Å². The second-order valence-corrected chi connectivity index (χ2v) is 5.29. The fourth-order valence-electron chi connectivity index (χ4n) is 2.52. The number of para-hydroxylation sites is 1. The molecule has 2 heterocycles. The molecule has 2 aromatic heterocycles. The Hall–Kier alpha value is -3.01. The molecule has 0 aliphatic rings. The van der Waals surface area contributed by atoms with Gasteiger partial charge < -0.3 is 0 Å². The summed E-state index contributed by atoms with van der Waals surface area (Å²) in [5, 5.41) is 5.04. The molecule has 0 aliphatic carbocycles. The van der Waals surface area contributed by atoms with Gasteiger partial charge in [-0.25, -0.2) is 4.98 Å². The van der Waals surface area contributed by atoms with Gasteiger partial charge in [0.25, 0.3) is 5.56 Å². The molecule has 0 saturated heterocycles. The molecule has 0 spiro atoms. The number of aromatic nitrogens is 3. The van der Waals surface area contributed by atoms with E-state index in [0.717, 1.165) is 11.3 Å². The molecule has 0 bridgehead atoms. The molecule has 4 heteroatoms. The van der Waals surface area contributed by atoms with E-state index >= 15 is 0 Å². The molecule has 0 atom stereocenters. The van der Waals surface area contributed by atoms with Crippen LogP contribution in [0, 0.1) is 6.92 Å². The summed E-state index contributed by atoms with van der Waals surface area (Å²) < 4.78 is 1.37. The van der Waals surface area contributed by atoms with Gasteiger partial charge in [0.1, 0.15) is 0 Å². The SMILES string of the molecule is Cc1ccc(-c2ccc3nc4ccccc4c(=O)n3n2)cc1. The summed E-state index contributed by atoms with van der Waals surface area (Å²) in [7, 11) is 0. The zero-order valence-electron chi connectivity index (χ0n) is 12.0. The summed E-state index contributed by atoms with van der Waals surface area (Å²) in [6, 6.07) is 19.1.